The van der Waals surface area contributed by atoms with Crippen LogP contribution in [0.3, 0.4) is 0 Å². The number of allylic oxidation sites excluding steroid dienone is 2. The molecule has 0 N–H and O–H groups in total. The van der Waals surface area contributed by atoms with E-state index < -0.39 is 23.4 Å². The maximum absolute atomic E-state index is 13.8. The van der Waals surface area contributed by atoms with E-state index in [9.17, 15) is 22.0 Å². The Morgan fingerprint density at radius 1 is 0.806 bits per heavy atom. The van der Waals surface area contributed by atoms with Crippen molar-refractivity contribution in [3.63, 3.8) is 0 Å². The summed E-state index contributed by atoms with van der Waals surface area (Å²) >= 11 is 0. The van der Waals surface area contributed by atoms with Crippen LogP contribution in [0.1, 0.15) is 88.7 Å². The summed E-state index contributed by atoms with van der Waals surface area (Å²) in [6.45, 7) is 2.17. The summed E-state index contributed by atoms with van der Waals surface area (Å²) in [7, 11) is 0. The van der Waals surface area contributed by atoms with Gasteiger partial charge in [0.25, 0.3) is 0 Å². The highest BCUT2D eigenvalue weighted by molar-refractivity contribution is 5.28. The number of alkyl halides is 3. The zero-order valence-corrected chi connectivity index (χ0v) is 18.5. The Morgan fingerprint density at radius 3 is 1.81 bits per heavy atom. The van der Waals surface area contributed by atoms with Crippen LogP contribution < -0.4 is 0 Å². The molecule has 0 amide bonds. The second kappa shape index (κ2) is 11.0. The van der Waals surface area contributed by atoms with Gasteiger partial charge >= 0.3 is 6.18 Å². The maximum Gasteiger partial charge on any atom is 0.422 e. The highest BCUT2D eigenvalue weighted by Gasteiger charge is 2.38. The quantitative estimate of drug-likeness (QED) is 0.292. The van der Waals surface area contributed by atoms with Gasteiger partial charge in [0, 0.05) is 0 Å². The van der Waals surface area contributed by atoms with Crippen molar-refractivity contribution in [2.24, 2.45) is 23.7 Å². The molecular weight excluding hydrogens is 407 g/mol. The first-order valence-corrected chi connectivity index (χ1v) is 12.0. The molecule has 1 aromatic rings. The minimum atomic E-state index is -5.00. The van der Waals surface area contributed by atoms with E-state index in [4.69, 9.17) is 0 Å². The summed E-state index contributed by atoms with van der Waals surface area (Å²) in [6, 6.07) is 1.71. The molecule has 0 atom stereocenters. The second-order valence-corrected chi connectivity index (χ2v) is 9.65. The molecule has 0 aromatic heterocycles. The molecule has 174 valence electrons. The van der Waals surface area contributed by atoms with E-state index in [1.165, 1.54) is 44.9 Å². The number of hydrogen-bond donors (Lipinski definition) is 0. The molecule has 0 radical (unpaired) electrons. The third-order valence-electron chi connectivity index (χ3n) is 7.55. The van der Waals surface area contributed by atoms with E-state index in [0.29, 0.717) is 17.9 Å². The third-order valence-corrected chi connectivity index (χ3v) is 7.55. The molecule has 0 bridgehead atoms. The molecule has 31 heavy (non-hydrogen) atoms. The first-order valence-electron chi connectivity index (χ1n) is 12.0. The van der Waals surface area contributed by atoms with E-state index in [1.807, 2.05) is 0 Å². The molecule has 1 aromatic carbocycles. The summed E-state index contributed by atoms with van der Waals surface area (Å²) in [4.78, 5) is 0. The van der Waals surface area contributed by atoms with Gasteiger partial charge in [0.05, 0.1) is 0 Å². The summed E-state index contributed by atoms with van der Waals surface area (Å²) in [5, 5.41) is 0. The van der Waals surface area contributed by atoms with Crippen molar-refractivity contribution in [1.82, 2.24) is 0 Å². The summed E-state index contributed by atoms with van der Waals surface area (Å²) in [6.07, 6.45) is 13.2. The lowest BCUT2D eigenvalue weighted by Crippen LogP contribution is -2.26. The SMILES string of the molecule is CCC=CCC1CCC(C2CCC(CCc3cc(F)c(C(F)(F)F)c(F)c3)CC2)CC1. The van der Waals surface area contributed by atoms with Crippen LogP contribution in [0, 0.1) is 35.3 Å². The van der Waals surface area contributed by atoms with Crippen LogP contribution in [0.2, 0.25) is 0 Å². The van der Waals surface area contributed by atoms with Gasteiger partial charge in [0.2, 0.25) is 0 Å². The van der Waals surface area contributed by atoms with Gasteiger partial charge in [-0.3, -0.25) is 0 Å². The van der Waals surface area contributed by atoms with Crippen LogP contribution in [-0.4, -0.2) is 0 Å². The number of halogens is 5. The van der Waals surface area contributed by atoms with Crippen molar-refractivity contribution >= 4 is 0 Å². The maximum atomic E-state index is 13.8. The van der Waals surface area contributed by atoms with E-state index >= 15 is 0 Å². The molecule has 0 saturated heterocycles. The van der Waals surface area contributed by atoms with Gasteiger partial charge in [-0.2, -0.15) is 13.2 Å². The van der Waals surface area contributed by atoms with Crippen molar-refractivity contribution < 1.29 is 22.0 Å². The minimum absolute atomic E-state index is 0.320. The Bertz CT molecular complexity index is 697. The van der Waals surface area contributed by atoms with Crippen molar-refractivity contribution in [2.75, 3.05) is 0 Å². The standard InChI is InChI=1S/C26H35F5/c1-2-3-4-5-18-8-12-21(13-9-18)22-14-10-19(11-15-22)6-7-20-16-23(27)25(24(28)17-20)26(29,30)31/h3-4,16-19,21-22H,2,5-15H2,1H3. The molecule has 2 aliphatic carbocycles. The van der Waals surface area contributed by atoms with E-state index in [2.05, 4.69) is 19.1 Å². The Balaban J connectivity index is 1.42. The molecule has 0 heterocycles. The highest BCUT2D eigenvalue weighted by atomic mass is 19.4. The molecule has 0 unspecified atom stereocenters. The zero-order chi connectivity index (χ0) is 22.4. The van der Waals surface area contributed by atoms with Crippen LogP contribution >= 0.6 is 0 Å². The fraction of sp³-hybridized carbons (Fsp3) is 0.692. The first kappa shape index (κ1) is 24.3. The van der Waals surface area contributed by atoms with E-state index in [1.54, 1.807) is 0 Å². The molecule has 0 spiro atoms. The van der Waals surface area contributed by atoms with Crippen molar-refractivity contribution in [1.29, 1.82) is 0 Å². The number of hydrogen-bond acceptors (Lipinski definition) is 0. The molecule has 5 heteroatoms. The average molecular weight is 443 g/mol. The average Bonchev–Trinajstić information content (AvgIpc) is 2.72. The predicted molar refractivity (Wildman–Crippen MR) is 115 cm³/mol. The van der Waals surface area contributed by atoms with E-state index in [0.717, 1.165) is 55.6 Å². The lowest BCUT2D eigenvalue weighted by atomic mass is 9.68. The van der Waals surface area contributed by atoms with Crippen molar-refractivity contribution in [2.45, 2.75) is 90.1 Å². The molecule has 2 fully saturated rings. The van der Waals surface area contributed by atoms with Gasteiger partial charge in [0.1, 0.15) is 17.2 Å². The van der Waals surface area contributed by atoms with Gasteiger partial charge in [-0.15, -0.1) is 0 Å². The van der Waals surface area contributed by atoms with Crippen LogP contribution in [-0.2, 0) is 12.6 Å². The van der Waals surface area contributed by atoms with Gasteiger partial charge in [0.15, 0.2) is 0 Å². The topological polar surface area (TPSA) is 0 Å². The van der Waals surface area contributed by atoms with Crippen LogP contribution in [0.5, 0.6) is 0 Å². The Kier molecular flexibility index (Phi) is 8.58. The molecule has 2 saturated carbocycles. The molecular formula is C26H35F5. The van der Waals surface area contributed by atoms with Crippen molar-refractivity contribution in [3.8, 4) is 0 Å². The van der Waals surface area contributed by atoms with Crippen molar-refractivity contribution in [3.05, 3.63) is 47.0 Å². The normalized spacial score (nSPS) is 27.7. The summed E-state index contributed by atoms with van der Waals surface area (Å²) in [5.41, 5.74) is -1.46. The smallest absolute Gasteiger partial charge is 0.206 e. The second-order valence-electron chi connectivity index (χ2n) is 9.65. The Hall–Kier alpha value is -1.39. The summed E-state index contributed by atoms with van der Waals surface area (Å²) < 4.78 is 65.7. The monoisotopic (exact) mass is 442 g/mol. The van der Waals surface area contributed by atoms with Gasteiger partial charge in [-0.25, -0.2) is 8.78 Å². The Labute approximate surface area is 183 Å². The predicted octanol–water partition coefficient (Wildman–Crippen LogP) is 8.89. The fourth-order valence-corrected chi connectivity index (χ4v) is 5.71. The van der Waals surface area contributed by atoms with Gasteiger partial charge in [-0.05, 0) is 106 Å². The van der Waals surface area contributed by atoms with Crippen LogP contribution in [0.25, 0.3) is 0 Å². The fourth-order valence-electron chi connectivity index (χ4n) is 5.71. The highest BCUT2D eigenvalue weighted by Crippen LogP contribution is 2.43. The van der Waals surface area contributed by atoms with Gasteiger partial charge < -0.3 is 0 Å². The number of rotatable bonds is 7. The van der Waals surface area contributed by atoms with Crippen LogP contribution in [0.4, 0.5) is 22.0 Å². The van der Waals surface area contributed by atoms with Crippen LogP contribution in [0.15, 0.2) is 24.3 Å². The lowest BCUT2D eigenvalue weighted by molar-refractivity contribution is -0.142. The lowest BCUT2D eigenvalue weighted by Gasteiger charge is -2.38. The zero-order valence-electron chi connectivity index (χ0n) is 18.5. The number of aryl methyl sites for hydroxylation is 1. The largest absolute Gasteiger partial charge is 0.422 e. The first-order chi connectivity index (χ1) is 14.8. The summed E-state index contributed by atoms with van der Waals surface area (Å²) in [5.74, 6) is -0.0334. The third kappa shape index (κ3) is 6.79. The van der Waals surface area contributed by atoms with E-state index in [-0.39, 0.29) is 0 Å². The molecule has 3 rings (SSSR count). The molecule has 2 aliphatic rings. The van der Waals surface area contributed by atoms with Gasteiger partial charge in [-0.1, -0.05) is 31.9 Å². The Morgan fingerprint density at radius 2 is 1.32 bits per heavy atom. The molecule has 0 aliphatic heterocycles. The molecule has 0 nitrogen and oxygen atoms in total. The minimum Gasteiger partial charge on any atom is -0.206 e. The number of benzene rings is 1.